The Kier molecular flexibility index (Phi) is 5.56. The smallest absolute Gasteiger partial charge is 0.255 e. The molecule has 0 aromatic heterocycles. The van der Waals surface area contributed by atoms with Crippen molar-refractivity contribution < 1.29 is 14.3 Å². The second-order valence-electron chi connectivity index (χ2n) is 6.34. The summed E-state index contributed by atoms with van der Waals surface area (Å²) in [7, 11) is 0. The molecule has 26 heavy (non-hydrogen) atoms. The van der Waals surface area contributed by atoms with E-state index in [0.29, 0.717) is 30.8 Å². The molecule has 2 aromatic rings. The van der Waals surface area contributed by atoms with Crippen LogP contribution in [0.3, 0.4) is 0 Å². The van der Waals surface area contributed by atoms with E-state index in [4.69, 9.17) is 4.74 Å². The number of fused-ring (bicyclic) bond motifs is 1. The van der Waals surface area contributed by atoms with E-state index in [1.165, 1.54) is 0 Å². The molecule has 1 N–H and O–H groups in total. The Balaban J connectivity index is 1.73. The Morgan fingerprint density at radius 1 is 1.15 bits per heavy atom. The third-order valence-corrected chi connectivity index (χ3v) is 4.52. The molecule has 0 saturated heterocycles. The Morgan fingerprint density at radius 3 is 2.54 bits per heavy atom. The van der Waals surface area contributed by atoms with Crippen LogP contribution in [0, 0.1) is 0 Å². The van der Waals surface area contributed by atoms with E-state index < -0.39 is 6.04 Å². The monoisotopic (exact) mass is 352 g/mol. The molecule has 5 nitrogen and oxygen atoms in total. The molecule has 1 aliphatic rings. The highest BCUT2D eigenvalue weighted by molar-refractivity contribution is 6.03. The highest BCUT2D eigenvalue weighted by Crippen LogP contribution is 2.26. The second kappa shape index (κ2) is 8.04. The molecule has 0 aliphatic carbocycles. The fourth-order valence-corrected chi connectivity index (χ4v) is 3.26. The minimum atomic E-state index is -0.480. The van der Waals surface area contributed by atoms with Crippen molar-refractivity contribution in [2.75, 3.05) is 11.9 Å². The number of amides is 2. The third-order valence-electron chi connectivity index (χ3n) is 4.52. The minimum absolute atomic E-state index is 0.0686. The maximum atomic E-state index is 12.9. The van der Waals surface area contributed by atoms with Gasteiger partial charge in [-0.25, -0.2) is 0 Å². The van der Waals surface area contributed by atoms with Crippen LogP contribution < -0.4 is 10.1 Å². The average Bonchev–Trinajstić information content (AvgIpc) is 2.98. The minimum Gasteiger partial charge on any atom is -0.494 e. The van der Waals surface area contributed by atoms with Crippen molar-refractivity contribution in [2.24, 2.45) is 0 Å². The first-order chi connectivity index (χ1) is 12.6. The number of benzene rings is 2. The summed E-state index contributed by atoms with van der Waals surface area (Å²) < 4.78 is 5.42. The summed E-state index contributed by atoms with van der Waals surface area (Å²) in [6.45, 7) is 5.03. The van der Waals surface area contributed by atoms with Crippen LogP contribution in [0.5, 0.6) is 5.75 Å². The zero-order chi connectivity index (χ0) is 18.5. The molecule has 0 spiro atoms. The number of nitrogens with zero attached hydrogens (tertiary/aromatic N) is 1. The third kappa shape index (κ3) is 3.72. The summed E-state index contributed by atoms with van der Waals surface area (Å²) in [6.07, 6.45) is 1.45. The molecule has 3 rings (SSSR count). The van der Waals surface area contributed by atoms with Gasteiger partial charge in [0.1, 0.15) is 11.8 Å². The summed E-state index contributed by atoms with van der Waals surface area (Å²) in [5.41, 5.74) is 2.37. The van der Waals surface area contributed by atoms with Crippen molar-refractivity contribution in [3.8, 4) is 5.75 Å². The van der Waals surface area contributed by atoms with Crippen LogP contribution in [0.1, 0.15) is 42.6 Å². The van der Waals surface area contributed by atoms with Gasteiger partial charge >= 0.3 is 0 Å². The molecule has 2 aromatic carbocycles. The normalized spacial score (nSPS) is 14.1. The van der Waals surface area contributed by atoms with Gasteiger partial charge in [-0.15, -0.1) is 0 Å². The number of rotatable bonds is 7. The van der Waals surface area contributed by atoms with E-state index in [9.17, 15) is 9.59 Å². The van der Waals surface area contributed by atoms with E-state index in [1.54, 1.807) is 4.90 Å². The van der Waals surface area contributed by atoms with Crippen LogP contribution >= 0.6 is 0 Å². The molecule has 136 valence electrons. The number of carbonyl (C=O) groups is 2. The second-order valence-corrected chi connectivity index (χ2v) is 6.34. The van der Waals surface area contributed by atoms with Crippen molar-refractivity contribution in [1.29, 1.82) is 0 Å². The van der Waals surface area contributed by atoms with Crippen LogP contribution in [0.2, 0.25) is 0 Å². The lowest BCUT2D eigenvalue weighted by Crippen LogP contribution is -2.44. The van der Waals surface area contributed by atoms with Gasteiger partial charge in [-0.3, -0.25) is 9.59 Å². The molecule has 1 aliphatic heterocycles. The van der Waals surface area contributed by atoms with Gasteiger partial charge in [-0.2, -0.15) is 0 Å². The van der Waals surface area contributed by atoms with Gasteiger partial charge in [0, 0.05) is 17.8 Å². The summed E-state index contributed by atoms with van der Waals surface area (Å²) in [6, 6.07) is 14.3. The number of hydrogen-bond donors (Lipinski definition) is 1. The Hall–Kier alpha value is -2.82. The van der Waals surface area contributed by atoms with Crippen LogP contribution in [-0.4, -0.2) is 29.4 Å². The Morgan fingerprint density at radius 2 is 1.88 bits per heavy atom. The van der Waals surface area contributed by atoms with Gasteiger partial charge in [0.15, 0.2) is 0 Å². The molecule has 1 heterocycles. The van der Waals surface area contributed by atoms with Crippen LogP contribution in [0.4, 0.5) is 5.69 Å². The zero-order valence-corrected chi connectivity index (χ0v) is 15.2. The summed E-state index contributed by atoms with van der Waals surface area (Å²) >= 11 is 0. The lowest BCUT2D eigenvalue weighted by molar-refractivity contribution is -0.120. The number of carbonyl (C=O) groups excluding carboxylic acids is 2. The molecule has 2 amide bonds. The standard InChI is InChI=1S/C21H24N2O3/c1-3-7-19(23-14-15-8-5-6-9-18(15)21(23)25)20(24)22-16-10-12-17(13-11-16)26-4-2/h5-6,8-13,19H,3-4,7,14H2,1-2H3,(H,22,24)/t19-/m1/s1. The largest absolute Gasteiger partial charge is 0.494 e. The first kappa shape index (κ1) is 18.0. The van der Waals surface area contributed by atoms with Gasteiger partial charge in [-0.05, 0) is 49.2 Å². The maximum Gasteiger partial charge on any atom is 0.255 e. The summed E-state index contributed by atoms with van der Waals surface area (Å²) in [4.78, 5) is 27.3. The Bertz CT molecular complexity index is 786. The molecular formula is C21H24N2O3. The quantitative estimate of drug-likeness (QED) is 0.823. The lowest BCUT2D eigenvalue weighted by Gasteiger charge is -2.26. The molecule has 0 fully saturated rings. The van der Waals surface area contributed by atoms with Gasteiger partial charge in [0.25, 0.3) is 5.91 Å². The first-order valence-corrected chi connectivity index (χ1v) is 9.06. The highest BCUT2D eigenvalue weighted by atomic mass is 16.5. The number of hydrogen-bond acceptors (Lipinski definition) is 3. The van der Waals surface area contributed by atoms with E-state index in [0.717, 1.165) is 17.7 Å². The van der Waals surface area contributed by atoms with Crippen molar-refractivity contribution in [2.45, 2.75) is 39.3 Å². The van der Waals surface area contributed by atoms with Crippen molar-refractivity contribution in [3.63, 3.8) is 0 Å². The zero-order valence-electron chi connectivity index (χ0n) is 15.2. The topological polar surface area (TPSA) is 58.6 Å². The predicted octanol–water partition coefficient (Wildman–Crippen LogP) is 3.85. The van der Waals surface area contributed by atoms with Crippen molar-refractivity contribution >= 4 is 17.5 Å². The van der Waals surface area contributed by atoms with Gasteiger partial charge in [0.2, 0.25) is 5.91 Å². The molecule has 0 saturated carbocycles. The SMILES string of the molecule is CCC[C@H](C(=O)Nc1ccc(OCC)cc1)N1Cc2ccccc2C1=O. The number of nitrogens with one attached hydrogen (secondary N) is 1. The van der Waals surface area contributed by atoms with Crippen LogP contribution in [0.15, 0.2) is 48.5 Å². The van der Waals surface area contributed by atoms with E-state index >= 15 is 0 Å². The van der Waals surface area contributed by atoms with Crippen LogP contribution in [0.25, 0.3) is 0 Å². The van der Waals surface area contributed by atoms with Crippen molar-refractivity contribution in [3.05, 3.63) is 59.7 Å². The van der Waals surface area contributed by atoms with E-state index in [1.807, 2.05) is 62.4 Å². The van der Waals surface area contributed by atoms with Gasteiger partial charge in [0.05, 0.1) is 6.61 Å². The summed E-state index contributed by atoms with van der Waals surface area (Å²) in [5, 5.41) is 2.93. The van der Waals surface area contributed by atoms with Gasteiger partial charge in [-0.1, -0.05) is 31.5 Å². The molecular weight excluding hydrogens is 328 g/mol. The Labute approximate surface area is 154 Å². The molecule has 0 radical (unpaired) electrons. The van der Waals surface area contributed by atoms with E-state index in [-0.39, 0.29) is 11.8 Å². The average molecular weight is 352 g/mol. The number of ether oxygens (including phenoxy) is 1. The fraction of sp³-hybridized carbons (Fsp3) is 0.333. The van der Waals surface area contributed by atoms with Gasteiger partial charge < -0.3 is 15.0 Å². The van der Waals surface area contributed by atoms with Crippen LogP contribution in [-0.2, 0) is 11.3 Å². The fourth-order valence-electron chi connectivity index (χ4n) is 3.26. The maximum absolute atomic E-state index is 12.9. The molecule has 0 bridgehead atoms. The van der Waals surface area contributed by atoms with Crippen molar-refractivity contribution in [1.82, 2.24) is 4.90 Å². The summed E-state index contributed by atoms with van der Waals surface area (Å²) in [5.74, 6) is 0.541. The first-order valence-electron chi connectivity index (χ1n) is 9.06. The molecule has 0 unspecified atom stereocenters. The molecule has 1 atom stereocenters. The lowest BCUT2D eigenvalue weighted by atomic mass is 10.1. The predicted molar refractivity (Wildman–Crippen MR) is 101 cm³/mol. The van der Waals surface area contributed by atoms with E-state index in [2.05, 4.69) is 5.32 Å². The number of anilines is 1. The highest BCUT2D eigenvalue weighted by Gasteiger charge is 2.35. The molecule has 5 heteroatoms.